The van der Waals surface area contributed by atoms with Gasteiger partial charge in [0.15, 0.2) is 0 Å². The van der Waals surface area contributed by atoms with E-state index in [1.165, 1.54) is 0 Å². The Morgan fingerprint density at radius 3 is 2.67 bits per heavy atom. The lowest BCUT2D eigenvalue weighted by atomic mass is 9.80. The molecule has 0 aromatic rings. The van der Waals surface area contributed by atoms with Gasteiger partial charge in [-0.05, 0) is 32.2 Å². The van der Waals surface area contributed by atoms with Crippen LogP contribution in [0.5, 0.6) is 0 Å². The minimum absolute atomic E-state index is 0.0340. The number of rotatable bonds is 2. The van der Waals surface area contributed by atoms with Crippen molar-refractivity contribution < 1.29 is 13.9 Å². The van der Waals surface area contributed by atoms with E-state index in [0.29, 0.717) is 0 Å². The molecular weight excluding hydrogens is 200 g/mol. The second-order valence-electron chi connectivity index (χ2n) is 5.08. The van der Waals surface area contributed by atoms with Crippen molar-refractivity contribution in [3.8, 4) is 0 Å². The number of aliphatic hydroxyl groups is 1. The van der Waals surface area contributed by atoms with Crippen molar-refractivity contribution in [2.45, 2.75) is 50.7 Å². The van der Waals surface area contributed by atoms with Crippen LogP contribution in [0.15, 0.2) is 0 Å². The molecule has 2 nitrogen and oxygen atoms in total. The van der Waals surface area contributed by atoms with Crippen LogP contribution >= 0.6 is 0 Å². The highest BCUT2D eigenvalue weighted by Crippen LogP contribution is 2.43. The van der Waals surface area contributed by atoms with Crippen LogP contribution in [-0.2, 0) is 0 Å². The summed E-state index contributed by atoms with van der Waals surface area (Å²) in [7, 11) is 0. The molecule has 4 heteroatoms. The SMILES string of the molecule is C[C@H]1[C@@H](O)CCCN1CC1CC(F)(F)C1. The van der Waals surface area contributed by atoms with Gasteiger partial charge in [-0.2, -0.15) is 0 Å². The number of nitrogens with zero attached hydrogens (tertiary/aromatic N) is 1. The zero-order valence-electron chi connectivity index (χ0n) is 9.13. The Balaban J connectivity index is 1.79. The van der Waals surface area contributed by atoms with Gasteiger partial charge < -0.3 is 5.11 Å². The molecule has 1 aliphatic carbocycles. The quantitative estimate of drug-likeness (QED) is 0.766. The fourth-order valence-corrected chi connectivity index (χ4v) is 2.69. The Kier molecular flexibility index (Phi) is 2.99. The van der Waals surface area contributed by atoms with Gasteiger partial charge in [0.25, 0.3) is 0 Å². The van der Waals surface area contributed by atoms with E-state index in [1.54, 1.807) is 0 Å². The van der Waals surface area contributed by atoms with Gasteiger partial charge in [0.05, 0.1) is 6.10 Å². The molecular formula is C11H19F2NO. The third-order valence-corrected chi connectivity index (χ3v) is 3.75. The van der Waals surface area contributed by atoms with Crippen LogP contribution in [0.4, 0.5) is 8.78 Å². The number of halogens is 2. The van der Waals surface area contributed by atoms with Gasteiger partial charge in [-0.15, -0.1) is 0 Å². The summed E-state index contributed by atoms with van der Waals surface area (Å²) >= 11 is 0. The molecule has 0 bridgehead atoms. The summed E-state index contributed by atoms with van der Waals surface area (Å²) in [6.45, 7) is 3.66. The molecule has 1 heterocycles. The van der Waals surface area contributed by atoms with Crippen molar-refractivity contribution in [3.63, 3.8) is 0 Å². The van der Waals surface area contributed by atoms with Crippen molar-refractivity contribution in [1.82, 2.24) is 4.90 Å². The number of alkyl halides is 2. The summed E-state index contributed by atoms with van der Waals surface area (Å²) < 4.78 is 25.3. The first-order valence-electron chi connectivity index (χ1n) is 5.78. The van der Waals surface area contributed by atoms with E-state index in [9.17, 15) is 13.9 Å². The van der Waals surface area contributed by atoms with Gasteiger partial charge in [0.2, 0.25) is 5.92 Å². The van der Waals surface area contributed by atoms with Crippen LogP contribution < -0.4 is 0 Å². The van der Waals surface area contributed by atoms with Gasteiger partial charge in [-0.1, -0.05) is 0 Å². The Labute approximate surface area is 89.3 Å². The Morgan fingerprint density at radius 2 is 2.07 bits per heavy atom. The minimum Gasteiger partial charge on any atom is -0.392 e. The molecule has 88 valence electrons. The fraction of sp³-hybridized carbons (Fsp3) is 1.00. The smallest absolute Gasteiger partial charge is 0.248 e. The molecule has 2 aliphatic rings. The maximum absolute atomic E-state index is 12.6. The first kappa shape index (κ1) is 11.3. The lowest BCUT2D eigenvalue weighted by Crippen LogP contribution is -2.51. The fourth-order valence-electron chi connectivity index (χ4n) is 2.69. The van der Waals surface area contributed by atoms with Crippen LogP contribution in [0.25, 0.3) is 0 Å². The molecule has 2 atom stereocenters. The highest BCUT2D eigenvalue weighted by atomic mass is 19.3. The standard InChI is InChI=1S/C11H19F2NO/c1-8-10(15)3-2-4-14(8)7-9-5-11(12,13)6-9/h8-10,15H,2-7H2,1H3/t8-,10-/m0/s1. The van der Waals surface area contributed by atoms with E-state index >= 15 is 0 Å². The topological polar surface area (TPSA) is 23.5 Å². The second kappa shape index (κ2) is 3.98. The van der Waals surface area contributed by atoms with E-state index in [4.69, 9.17) is 0 Å². The van der Waals surface area contributed by atoms with Gasteiger partial charge in [0.1, 0.15) is 0 Å². The first-order chi connectivity index (χ1) is 6.98. The predicted molar refractivity (Wildman–Crippen MR) is 53.9 cm³/mol. The van der Waals surface area contributed by atoms with Crippen LogP contribution in [-0.4, -0.2) is 41.2 Å². The van der Waals surface area contributed by atoms with Crippen LogP contribution in [0.3, 0.4) is 0 Å². The van der Waals surface area contributed by atoms with Gasteiger partial charge in [-0.25, -0.2) is 8.78 Å². The second-order valence-corrected chi connectivity index (χ2v) is 5.08. The average molecular weight is 219 g/mol. The monoisotopic (exact) mass is 219 g/mol. The van der Waals surface area contributed by atoms with E-state index < -0.39 is 5.92 Å². The third-order valence-electron chi connectivity index (χ3n) is 3.75. The number of piperidine rings is 1. The van der Waals surface area contributed by atoms with E-state index in [2.05, 4.69) is 4.90 Å². The molecule has 1 saturated carbocycles. The molecule has 0 aromatic carbocycles. The molecule has 2 rings (SSSR count). The summed E-state index contributed by atoms with van der Waals surface area (Å²) in [5.74, 6) is -2.28. The molecule has 1 saturated heterocycles. The molecule has 0 radical (unpaired) electrons. The summed E-state index contributed by atoms with van der Waals surface area (Å²) in [5.41, 5.74) is 0. The zero-order chi connectivity index (χ0) is 11.1. The molecule has 15 heavy (non-hydrogen) atoms. The molecule has 0 aromatic heterocycles. The van der Waals surface area contributed by atoms with E-state index in [-0.39, 0.29) is 30.9 Å². The molecule has 1 N–H and O–H groups in total. The van der Waals surface area contributed by atoms with Crippen LogP contribution in [0, 0.1) is 5.92 Å². The van der Waals surface area contributed by atoms with Crippen molar-refractivity contribution in [3.05, 3.63) is 0 Å². The summed E-state index contributed by atoms with van der Waals surface area (Å²) in [6, 6.07) is 0.132. The molecule has 1 aliphatic heterocycles. The normalized spacial score (nSPS) is 37.6. The van der Waals surface area contributed by atoms with Crippen molar-refractivity contribution in [2.75, 3.05) is 13.1 Å². The molecule has 2 fully saturated rings. The largest absolute Gasteiger partial charge is 0.392 e. The number of hydrogen-bond acceptors (Lipinski definition) is 2. The third kappa shape index (κ3) is 2.48. The van der Waals surface area contributed by atoms with Gasteiger partial charge >= 0.3 is 0 Å². The van der Waals surface area contributed by atoms with Crippen LogP contribution in [0.1, 0.15) is 32.6 Å². The Bertz CT molecular complexity index is 227. The summed E-state index contributed by atoms with van der Waals surface area (Å²) in [6.07, 6.45) is 1.62. The Morgan fingerprint density at radius 1 is 1.40 bits per heavy atom. The van der Waals surface area contributed by atoms with Gasteiger partial charge in [-0.3, -0.25) is 4.90 Å². The number of aliphatic hydroxyl groups excluding tert-OH is 1. The lowest BCUT2D eigenvalue weighted by molar-refractivity contribution is -0.122. The predicted octanol–water partition coefficient (Wildman–Crippen LogP) is 1.88. The first-order valence-corrected chi connectivity index (χ1v) is 5.78. The zero-order valence-corrected chi connectivity index (χ0v) is 9.13. The summed E-state index contributed by atoms with van der Waals surface area (Å²) in [4.78, 5) is 2.16. The Hall–Kier alpha value is -0.220. The highest BCUT2D eigenvalue weighted by Gasteiger charge is 2.46. The average Bonchev–Trinajstić information content (AvgIpc) is 2.10. The van der Waals surface area contributed by atoms with E-state index in [1.807, 2.05) is 6.92 Å². The van der Waals surface area contributed by atoms with E-state index in [0.717, 1.165) is 25.9 Å². The summed E-state index contributed by atoms with van der Waals surface area (Å²) in [5, 5.41) is 9.66. The van der Waals surface area contributed by atoms with Crippen molar-refractivity contribution >= 4 is 0 Å². The highest BCUT2D eigenvalue weighted by molar-refractivity contribution is 4.90. The van der Waals surface area contributed by atoms with Crippen molar-refractivity contribution in [1.29, 1.82) is 0 Å². The number of likely N-dealkylation sites (tertiary alicyclic amines) is 1. The molecule has 0 unspecified atom stereocenters. The molecule has 0 spiro atoms. The number of hydrogen-bond donors (Lipinski definition) is 1. The van der Waals surface area contributed by atoms with Crippen molar-refractivity contribution in [2.24, 2.45) is 5.92 Å². The maximum Gasteiger partial charge on any atom is 0.248 e. The maximum atomic E-state index is 12.6. The van der Waals surface area contributed by atoms with Gasteiger partial charge in [0, 0.05) is 25.4 Å². The lowest BCUT2D eigenvalue weighted by Gasteiger charge is -2.43. The minimum atomic E-state index is -2.41. The molecule has 0 amide bonds. The van der Waals surface area contributed by atoms with Crippen LogP contribution in [0.2, 0.25) is 0 Å².